The highest BCUT2D eigenvalue weighted by Gasteiger charge is 2.19. The fraction of sp³-hybridized carbons (Fsp3) is 0.389. The van der Waals surface area contributed by atoms with Crippen LogP contribution in [0.1, 0.15) is 36.0 Å². The first-order valence-corrected chi connectivity index (χ1v) is 8.55. The summed E-state index contributed by atoms with van der Waals surface area (Å²) < 4.78 is 0. The number of alkyl halides is 1. The number of hydrogen-bond acceptors (Lipinski definition) is 1. The summed E-state index contributed by atoms with van der Waals surface area (Å²) in [6.45, 7) is 0.797. The molecule has 2 nitrogen and oxygen atoms in total. The number of rotatable bonds is 3. The molecule has 110 valence electrons. The molecule has 2 aromatic rings. The van der Waals surface area contributed by atoms with Gasteiger partial charge in [0.25, 0.3) is 5.91 Å². The van der Waals surface area contributed by atoms with Crippen LogP contribution in [0.25, 0.3) is 10.8 Å². The molecule has 0 heterocycles. The van der Waals surface area contributed by atoms with Gasteiger partial charge in [0.1, 0.15) is 0 Å². The fourth-order valence-electron chi connectivity index (χ4n) is 3.00. The molecule has 3 heteroatoms. The van der Waals surface area contributed by atoms with E-state index in [1.54, 1.807) is 0 Å². The number of hydrogen-bond donors (Lipinski definition) is 1. The fourth-order valence-corrected chi connectivity index (χ4v) is 3.52. The SMILES string of the molecule is O=C(NCC1CCC(Br)CC1)c1ccc2ccccc2c1. The second-order valence-electron chi connectivity index (χ2n) is 5.89. The molecule has 0 unspecified atom stereocenters. The molecule has 1 aliphatic carbocycles. The van der Waals surface area contributed by atoms with Crippen LogP contribution < -0.4 is 5.32 Å². The van der Waals surface area contributed by atoms with Crippen molar-refractivity contribution in [3.63, 3.8) is 0 Å². The highest BCUT2D eigenvalue weighted by Crippen LogP contribution is 2.28. The average Bonchev–Trinajstić information content (AvgIpc) is 2.53. The van der Waals surface area contributed by atoms with Crippen molar-refractivity contribution in [3.8, 4) is 0 Å². The number of carbonyl (C=O) groups is 1. The number of benzene rings is 2. The van der Waals surface area contributed by atoms with Crippen molar-refractivity contribution < 1.29 is 4.79 Å². The quantitative estimate of drug-likeness (QED) is 0.814. The van der Waals surface area contributed by atoms with Crippen molar-refractivity contribution in [2.75, 3.05) is 6.54 Å². The maximum Gasteiger partial charge on any atom is 0.251 e. The van der Waals surface area contributed by atoms with Crippen LogP contribution in [0.5, 0.6) is 0 Å². The first-order chi connectivity index (χ1) is 10.2. The van der Waals surface area contributed by atoms with Gasteiger partial charge in [0.15, 0.2) is 0 Å². The van der Waals surface area contributed by atoms with Crippen LogP contribution in [0.3, 0.4) is 0 Å². The summed E-state index contributed by atoms with van der Waals surface area (Å²) in [5, 5.41) is 5.38. The summed E-state index contributed by atoms with van der Waals surface area (Å²) in [4.78, 5) is 12.9. The highest BCUT2D eigenvalue weighted by molar-refractivity contribution is 9.09. The third-order valence-corrected chi connectivity index (χ3v) is 5.25. The molecular weight excluding hydrogens is 326 g/mol. The molecular formula is C18H20BrNO. The zero-order valence-corrected chi connectivity index (χ0v) is 13.6. The average molecular weight is 346 g/mol. The minimum atomic E-state index is 0.0433. The molecule has 0 bridgehead atoms. The first-order valence-electron chi connectivity index (χ1n) is 7.63. The molecule has 0 saturated heterocycles. The molecule has 3 rings (SSSR count). The molecule has 1 aliphatic rings. The van der Waals surface area contributed by atoms with Gasteiger partial charge in [-0.1, -0.05) is 46.3 Å². The summed E-state index contributed by atoms with van der Waals surface area (Å²) in [5.41, 5.74) is 0.753. The molecule has 0 aromatic heterocycles. The molecule has 0 aliphatic heterocycles. The molecule has 0 spiro atoms. The number of carbonyl (C=O) groups excluding carboxylic acids is 1. The van der Waals surface area contributed by atoms with Crippen molar-refractivity contribution in [1.82, 2.24) is 5.32 Å². The van der Waals surface area contributed by atoms with Gasteiger partial charge in [-0.3, -0.25) is 4.79 Å². The molecule has 0 atom stereocenters. The number of amides is 1. The lowest BCUT2D eigenvalue weighted by Gasteiger charge is -2.25. The lowest BCUT2D eigenvalue weighted by molar-refractivity contribution is 0.0944. The normalized spacial score (nSPS) is 22.1. The number of fused-ring (bicyclic) bond motifs is 1. The number of nitrogens with one attached hydrogen (secondary N) is 1. The number of halogens is 1. The van der Waals surface area contributed by atoms with Crippen LogP contribution >= 0.6 is 15.9 Å². The molecule has 1 N–H and O–H groups in total. The van der Waals surface area contributed by atoms with Gasteiger partial charge in [-0.05, 0) is 54.5 Å². The Morgan fingerprint density at radius 3 is 2.52 bits per heavy atom. The van der Waals surface area contributed by atoms with Gasteiger partial charge in [-0.2, -0.15) is 0 Å². The summed E-state index contributed by atoms with van der Waals surface area (Å²) in [6, 6.07) is 14.0. The van der Waals surface area contributed by atoms with Crippen LogP contribution in [0.15, 0.2) is 42.5 Å². The van der Waals surface area contributed by atoms with E-state index in [0.29, 0.717) is 10.7 Å². The zero-order chi connectivity index (χ0) is 14.7. The first kappa shape index (κ1) is 14.6. The van der Waals surface area contributed by atoms with E-state index >= 15 is 0 Å². The Morgan fingerprint density at radius 2 is 1.76 bits per heavy atom. The maximum absolute atomic E-state index is 12.3. The van der Waals surface area contributed by atoms with E-state index in [9.17, 15) is 4.79 Å². The van der Waals surface area contributed by atoms with Gasteiger partial charge in [-0.25, -0.2) is 0 Å². The molecule has 1 amide bonds. The van der Waals surface area contributed by atoms with Crippen molar-refractivity contribution in [2.24, 2.45) is 5.92 Å². The van der Waals surface area contributed by atoms with Gasteiger partial charge >= 0.3 is 0 Å². The summed E-state index contributed by atoms with van der Waals surface area (Å²) in [7, 11) is 0. The van der Waals surface area contributed by atoms with Gasteiger partial charge < -0.3 is 5.32 Å². The maximum atomic E-state index is 12.3. The lowest BCUT2D eigenvalue weighted by Crippen LogP contribution is -2.31. The van der Waals surface area contributed by atoms with E-state index in [1.807, 2.05) is 36.4 Å². The Balaban J connectivity index is 1.61. The predicted molar refractivity (Wildman–Crippen MR) is 91.0 cm³/mol. The van der Waals surface area contributed by atoms with Crippen LogP contribution in [-0.4, -0.2) is 17.3 Å². The minimum absolute atomic E-state index is 0.0433. The lowest BCUT2D eigenvalue weighted by atomic mass is 9.89. The van der Waals surface area contributed by atoms with Crippen molar-refractivity contribution >= 4 is 32.6 Å². The van der Waals surface area contributed by atoms with Gasteiger partial charge in [-0.15, -0.1) is 0 Å². The van der Waals surface area contributed by atoms with E-state index < -0.39 is 0 Å². The third-order valence-electron chi connectivity index (χ3n) is 4.34. The van der Waals surface area contributed by atoms with Crippen LogP contribution in [0.4, 0.5) is 0 Å². The molecule has 2 aromatic carbocycles. The highest BCUT2D eigenvalue weighted by atomic mass is 79.9. The molecule has 1 saturated carbocycles. The van der Waals surface area contributed by atoms with Crippen molar-refractivity contribution in [2.45, 2.75) is 30.5 Å². The smallest absolute Gasteiger partial charge is 0.251 e. The summed E-state index contributed by atoms with van der Waals surface area (Å²) in [5.74, 6) is 0.671. The Kier molecular flexibility index (Phi) is 4.59. The van der Waals surface area contributed by atoms with Crippen LogP contribution in [0.2, 0.25) is 0 Å². The molecule has 0 radical (unpaired) electrons. The summed E-state index contributed by atoms with van der Waals surface area (Å²) in [6.07, 6.45) is 4.84. The summed E-state index contributed by atoms with van der Waals surface area (Å²) >= 11 is 3.67. The van der Waals surface area contributed by atoms with Gasteiger partial charge in [0, 0.05) is 16.9 Å². The second kappa shape index (κ2) is 6.61. The Labute approximate surface area is 134 Å². The van der Waals surface area contributed by atoms with E-state index in [-0.39, 0.29) is 5.91 Å². The minimum Gasteiger partial charge on any atom is -0.352 e. The predicted octanol–water partition coefficient (Wildman–Crippen LogP) is 4.52. The van der Waals surface area contributed by atoms with Crippen LogP contribution in [-0.2, 0) is 0 Å². The van der Waals surface area contributed by atoms with Gasteiger partial charge in [0.2, 0.25) is 0 Å². The molecule has 21 heavy (non-hydrogen) atoms. The monoisotopic (exact) mass is 345 g/mol. The van der Waals surface area contributed by atoms with E-state index in [2.05, 4.69) is 27.3 Å². The third kappa shape index (κ3) is 3.65. The molecule has 1 fully saturated rings. The van der Waals surface area contributed by atoms with E-state index in [4.69, 9.17) is 0 Å². The Morgan fingerprint density at radius 1 is 1.05 bits per heavy atom. The Bertz CT molecular complexity index is 632. The second-order valence-corrected chi connectivity index (χ2v) is 7.18. The van der Waals surface area contributed by atoms with Gasteiger partial charge in [0.05, 0.1) is 0 Å². The standard InChI is InChI=1S/C18H20BrNO/c19-17-9-5-13(6-10-17)12-20-18(21)16-8-7-14-3-1-2-4-15(14)11-16/h1-4,7-8,11,13,17H,5-6,9-10,12H2,(H,20,21). The van der Waals surface area contributed by atoms with Crippen LogP contribution in [0, 0.1) is 5.92 Å². The van der Waals surface area contributed by atoms with E-state index in [1.165, 1.54) is 31.1 Å². The Hall–Kier alpha value is -1.35. The zero-order valence-electron chi connectivity index (χ0n) is 12.0. The van der Waals surface area contributed by atoms with Crippen molar-refractivity contribution in [1.29, 1.82) is 0 Å². The van der Waals surface area contributed by atoms with E-state index in [0.717, 1.165) is 17.5 Å². The van der Waals surface area contributed by atoms with Crippen molar-refractivity contribution in [3.05, 3.63) is 48.0 Å². The topological polar surface area (TPSA) is 29.1 Å². The largest absolute Gasteiger partial charge is 0.352 e.